The number of hydrogen-bond acceptors (Lipinski definition) is 4. The highest BCUT2D eigenvalue weighted by atomic mass is 16.5. The second-order valence-electron chi connectivity index (χ2n) is 3.20. The van der Waals surface area contributed by atoms with Gasteiger partial charge in [-0.15, -0.1) is 0 Å². The lowest BCUT2D eigenvalue weighted by Gasteiger charge is -2.18. The molecule has 0 aromatic carbocycles. The van der Waals surface area contributed by atoms with Crippen LogP contribution in [-0.4, -0.2) is 53.9 Å². The SMILES string of the molecule is COC[C@@H](CC[C@@H](COC)OC)OC. The molecule has 0 saturated heterocycles. The minimum Gasteiger partial charge on any atom is -0.382 e. The van der Waals surface area contributed by atoms with Gasteiger partial charge in [0, 0.05) is 28.4 Å². The van der Waals surface area contributed by atoms with Gasteiger partial charge in [0.15, 0.2) is 0 Å². The molecule has 0 aromatic rings. The minimum atomic E-state index is 0.148. The van der Waals surface area contributed by atoms with Crippen LogP contribution in [0.2, 0.25) is 0 Å². The summed E-state index contributed by atoms with van der Waals surface area (Å²) < 4.78 is 20.5. The van der Waals surface area contributed by atoms with E-state index in [1.54, 1.807) is 28.4 Å². The first-order valence-electron chi connectivity index (χ1n) is 4.81. The molecule has 0 radical (unpaired) electrons. The fourth-order valence-corrected chi connectivity index (χ4v) is 1.28. The molecule has 0 aliphatic carbocycles. The zero-order chi connectivity index (χ0) is 10.8. The van der Waals surface area contributed by atoms with Crippen molar-refractivity contribution in [2.75, 3.05) is 41.7 Å². The molecule has 0 aliphatic heterocycles. The highest BCUT2D eigenvalue weighted by Gasteiger charge is 2.12. The van der Waals surface area contributed by atoms with Crippen LogP contribution in [0, 0.1) is 0 Å². The summed E-state index contributed by atoms with van der Waals surface area (Å²) in [4.78, 5) is 0. The van der Waals surface area contributed by atoms with Crippen LogP contribution in [0.25, 0.3) is 0 Å². The zero-order valence-corrected chi connectivity index (χ0v) is 9.62. The highest BCUT2D eigenvalue weighted by Crippen LogP contribution is 2.07. The fraction of sp³-hybridized carbons (Fsp3) is 1.00. The van der Waals surface area contributed by atoms with Gasteiger partial charge in [0.2, 0.25) is 0 Å². The standard InChI is InChI=1S/C10H22O4/c1-11-7-9(13-3)5-6-10(14-4)8-12-2/h9-10H,5-8H2,1-4H3/t9-,10+. The van der Waals surface area contributed by atoms with Crippen LogP contribution in [0.1, 0.15) is 12.8 Å². The molecule has 0 heterocycles. The van der Waals surface area contributed by atoms with Crippen molar-refractivity contribution in [3.8, 4) is 0 Å². The molecule has 14 heavy (non-hydrogen) atoms. The van der Waals surface area contributed by atoms with Gasteiger partial charge in [-0.2, -0.15) is 0 Å². The molecule has 0 amide bonds. The predicted octanol–water partition coefficient (Wildman–Crippen LogP) is 1.09. The van der Waals surface area contributed by atoms with Crippen molar-refractivity contribution < 1.29 is 18.9 Å². The monoisotopic (exact) mass is 206 g/mol. The van der Waals surface area contributed by atoms with E-state index in [2.05, 4.69) is 0 Å². The molecule has 0 spiro atoms. The third kappa shape index (κ3) is 6.32. The van der Waals surface area contributed by atoms with Crippen molar-refractivity contribution in [2.24, 2.45) is 0 Å². The molecule has 0 aliphatic rings. The Kier molecular flexibility index (Phi) is 9.29. The quantitative estimate of drug-likeness (QED) is 0.566. The predicted molar refractivity (Wildman–Crippen MR) is 54.6 cm³/mol. The maximum absolute atomic E-state index is 5.24. The average Bonchev–Trinajstić information content (AvgIpc) is 2.22. The first kappa shape index (κ1) is 13.8. The van der Waals surface area contributed by atoms with Gasteiger partial charge in [-0.3, -0.25) is 0 Å². The van der Waals surface area contributed by atoms with Crippen LogP contribution in [0.4, 0.5) is 0 Å². The van der Waals surface area contributed by atoms with Gasteiger partial charge in [-0.25, -0.2) is 0 Å². The Bertz CT molecular complexity index is 105. The summed E-state index contributed by atoms with van der Waals surface area (Å²) in [7, 11) is 6.74. The lowest BCUT2D eigenvalue weighted by molar-refractivity contribution is -0.00897. The summed E-state index contributed by atoms with van der Waals surface area (Å²) in [5, 5.41) is 0. The first-order chi connectivity index (χ1) is 6.78. The summed E-state index contributed by atoms with van der Waals surface area (Å²) >= 11 is 0. The Hall–Kier alpha value is -0.160. The van der Waals surface area contributed by atoms with Crippen LogP contribution < -0.4 is 0 Å². The lowest BCUT2D eigenvalue weighted by Crippen LogP contribution is -2.23. The molecule has 0 aromatic heterocycles. The van der Waals surface area contributed by atoms with Gasteiger partial charge in [0.25, 0.3) is 0 Å². The highest BCUT2D eigenvalue weighted by molar-refractivity contribution is 4.62. The van der Waals surface area contributed by atoms with E-state index < -0.39 is 0 Å². The van der Waals surface area contributed by atoms with E-state index in [0.29, 0.717) is 13.2 Å². The van der Waals surface area contributed by atoms with Crippen LogP contribution in [0.3, 0.4) is 0 Å². The van der Waals surface area contributed by atoms with Crippen LogP contribution in [-0.2, 0) is 18.9 Å². The summed E-state index contributed by atoms with van der Waals surface area (Å²) in [5.74, 6) is 0. The smallest absolute Gasteiger partial charge is 0.0805 e. The number of methoxy groups -OCH3 is 4. The molecule has 0 rings (SSSR count). The summed E-state index contributed by atoms with van der Waals surface area (Å²) in [6, 6.07) is 0. The van der Waals surface area contributed by atoms with Crippen molar-refractivity contribution in [2.45, 2.75) is 25.0 Å². The largest absolute Gasteiger partial charge is 0.382 e. The van der Waals surface area contributed by atoms with Gasteiger partial charge >= 0.3 is 0 Å². The van der Waals surface area contributed by atoms with Crippen LogP contribution in [0.15, 0.2) is 0 Å². The maximum Gasteiger partial charge on any atom is 0.0805 e. The third-order valence-electron chi connectivity index (χ3n) is 2.18. The molecular formula is C10H22O4. The van der Waals surface area contributed by atoms with Gasteiger partial charge in [-0.1, -0.05) is 0 Å². The molecule has 0 unspecified atom stereocenters. The van der Waals surface area contributed by atoms with Crippen LogP contribution >= 0.6 is 0 Å². The Labute approximate surface area is 86.5 Å². The van der Waals surface area contributed by atoms with Crippen molar-refractivity contribution in [1.29, 1.82) is 0 Å². The topological polar surface area (TPSA) is 36.9 Å². The second kappa shape index (κ2) is 9.40. The summed E-state index contributed by atoms with van der Waals surface area (Å²) in [6.45, 7) is 1.25. The van der Waals surface area contributed by atoms with E-state index in [-0.39, 0.29) is 12.2 Å². The molecule has 0 N–H and O–H groups in total. The maximum atomic E-state index is 5.24. The van der Waals surface area contributed by atoms with E-state index in [0.717, 1.165) is 12.8 Å². The van der Waals surface area contributed by atoms with E-state index >= 15 is 0 Å². The molecule has 4 nitrogen and oxygen atoms in total. The van der Waals surface area contributed by atoms with Crippen LogP contribution in [0.5, 0.6) is 0 Å². The van der Waals surface area contributed by atoms with Crippen molar-refractivity contribution in [3.05, 3.63) is 0 Å². The Morgan fingerprint density at radius 1 is 0.714 bits per heavy atom. The van der Waals surface area contributed by atoms with Crippen molar-refractivity contribution in [1.82, 2.24) is 0 Å². The van der Waals surface area contributed by atoms with Crippen molar-refractivity contribution in [3.63, 3.8) is 0 Å². The third-order valence-corrected chi connectivity index (χ3v) is 2.18. The number of ether oxygens (including phenoxy) is 4. The van der Waals surface area contributed by atoms with E-state index in [9.17, 15) is 0 Å². The molecule has 86 valence electrons. The molecule has 2 atom stereocenters. The number of rotatable bonds is 9. The summed E-state index contributed by atoms with van der Waals surface area (Å²) in [6.07, 6.45) is 2.14. The second-order valence-corrected chi connectivity index (χ2v) is 3.20. The zero-order valence-electron chi connectivity index (χ0n) is 9.62. The van der Waals surface area contributed by atoms with Gasteiger partial charge in [-0.05, 0) is 12.8 Å². The Morgan fingerprint density at radius 2 is 1.07 bits per heavy atom. The lowest BCUT2D eigenvalue weighted by atomic mass is 10.1. The minimum absolute atomic E-state index is 0.148. The van der Waals surface area contributed by atoms with Gasteiger partial charge < -0.3 is 18.9 Å². The first-order valence-corrected chi connectivity index (χ1v) is 4.81. The fourth-order valence-electron chi connectivity index (χ4n) is 1.28. The van der Waals surface area contributed by atoms with E-state index in [1.165, 1.54) is 0 Å². The molecule has 0 bridgehead atoms. The van der Waals surface area contributed by atoms with E-state index in [4.69, 9.17) is 18.9 Å². The normalized spacial score (nSPS) is 15.4. The van der Waals surface area contributed by atoms with Gasteiger partial charge in [0.1, 0.15) is 0 Å². The molecule has 4 heteroatoms. The molecular weight excluding hydrogens is 184 g/mol. The number of hydrogen-bond donors (Lipinski definition) is 0. The van der Waals surface area contributed by atoms with E-state index in [1.807, 2.05) is 0 Å². The Balaban J connectivity index is 3.63. The van der Waals surface area contributed by atoms with Crippen molar-refractivity contribution >= 4 is 0 Å². The average molecular weight is 206 g/mol. The Morgan fingerprint density at radius 3 is 1.29 bits per heavy atom. The summed E-state index contributed by atoms with van der Waals surface area (Å²) in [5.41, 5.74) is 0. The van der Waals surface area contributed by atoms with Gasteiger partial charge in [0.05, 0.1) is 25.4 Å². The molecule has 0 saturated carbocycles. The molecule has 0 fully saturated rings.